The molecule has 1 heterocycles. The summed E-state index contributed by atoms with van der Waals surface area (Å²) in [5, 5.41) is 0. The Morgan fingerprint density at radius 2 is 2.14 bits per heavy atom. The molecule has 1 N–H and O–H groups in total. The topological polar surface area (TPSA) is 46.2 Å². The molecule has 0 aromatic heterocycles. The molecule has 4 heteroatoms. The van der Waals surface area contributed by atoms with Crippen molar-refractivity contribution in [3.05, 3.63) is 29.3 Å². The van der Waals surface area contributed by atoms with Crippen LogP contribution in [0.2, 0.25) is 0 Å². The average molecular weight is 211 g/mol. The van der Waals surface area contributed by atoms with Crippen LogP contribution in [0.15, 0.2) is 23.1 Å². The molecule has 3 nitrogen and oxygen atoms in total. The van der Waals surface area contributed by atoms with Crippen molar-refractivity contribution < 1.29 is 8.42 Å². The lowest BCUT2D eigenvalue weighted by molar-refractivity contribution is 0.571. The van der Waals surface area contributed by atoms with Crippen molar-refractivity contribution in [2.75, 3.05) is 0 Å². The van der Waals surface area contributed by atoms with Crippen LogP contribution >= 0.6 is 0 Å². The highest BCUT2D eigenvalue weighted by atomic mass is 32.2. The lowest BCUT2D eigenvalue weighted by Gasteiger charge is -2.05. The molecule has 76 valence electrons. The molecule has 1 aliphatic rings. The first kappa shape index (κ1) is 9.68. The van der Waals surface area contributed by atoms with Gasteiger partial charge in [-0.25, -0.2) is 13.1 Å². The van der Waals surface area contributed by atoms with E-state index in [4.69, 9.17) is 0 Å². The normalized spacial score (nSPS) is 23.4. The van der Waals surface area contributed by atoms with E-state index < -0.39 is 10.0 Å². The SMILES string of the molecule is CCC1NS(=O)(=O)c2cc(C)ccc21. The van der Waals surface area contributed by atoms with Gasteiger partial charge in [-0.15, -0.1) is 0 Å². The van der Waals surface area contributed by atoms with E-state index >= 15 is 0 Å². The minimum atomic E-state index is -3.24. The minimum absolute atomic E-state index is 0.0457. The van der Waals surface area contributed by atoms with Gasteiger partial charge in [-0.05, 0) is 30.5 Å². The Morgan fingerprint density at radius 3 is 2.79 bits per heavy atom. The number of hydrogen-bond donors (Lipinski definition) is 1. The molecule has 0 radical (unpaired) electrons. The Labute approximate surface area is 84.2 Å². The summed E-state index contributed by atoms with van der Waals surface area (Å²) in [6.07, 6.45) is 0.787. The maximum absolute atomic E-state index is 11.7. The lowest BCUT2D eigenvalue weighted by atomic mass is 10.0. The van der Waals surface area contributed by atoms with E-state index in [1.165, 1.54) is 0 Å². The number of sulfonamides is 1. The Hall–Kier alpha value is -0.870. The molecule has 1 aromatic carbocycles. The van der Waals surface area contributed by atoms with Crippen molar-refractivity contribution in [3.8, 4) is 0 Å². The molecule has 1 unspecified atom stereocenters. The molecule has 1 aromatic rings. The lowest BCUT2D eigenvalue weighted by Crippen LogP contribution is -2.18. The van der Waals surface area contributed by atoms with E-state index in [1.807, 2.05) is 26.0 Å². The Kier molecular flexibility index (Phi) is 2.12. The molecule has 14 heavy (non-hydrogen) atoms. The largest absolute Gasteiger partial charge is 0.241 e. The number of fused-ring (bicyclic) bond motifs is 1. The van der Waals surface area contributed by atoms with Gasteiger partial charge in [0.05, 0.1) is 4.90 Å². The number of benzene rings is 1. The van der Waals surface area contributed by atoms with Crippen molar-refractivity contribution in [3.63, 3.8) is 0 Å². The zero-order valence-electron chi connectivity index (χ0n) is 8.24. The fraction of sp³-hybridized carbons (Fsp3) is 0.400. The first-order valence-corrected chi connectivity index (χ1v) is 6.16. The summed E-state index contributed by atoms with van der Waals surface area (Å²) < 4.78 is 26.0. The first-order valence-electron chi connectivity index (χ1n) is 4.67. The molecule has 2 rings (SSSR count). The van der Waals surface area contributed by atoms with Gasteiger partial charge in [-0.1, -0.05) is 19.1 Å². The highest BCUT2D eigenvalue weighted by Gasteiger charge is 2.32. The minimum Gasteiger partial charge on any atom is -0.207 e. The van der Waals surface area contributed by atoms with E-state index in [2.05, 4.69) is 4.72 Å². The van der Waals surface area contributed by atoms with Gasteiger partial charge in [-0.2, -0.15) is 0 Å². The number of hydrogen-bond acceptors (Lipinski definition) is 2. The molecule has 0 saturated heterocycles. The molecule has 0 fully saturated rings. The van der Waals surface area contributed by atoms with Crippen LogP contribution < -0.4 is 4.72 Å². The summed E-state index contributed by atoms with van der Waals surface area (Å²) in [6.45, 7) is 3.87. The second-order valence-corrected chi connectivity index (χ2v) is 5.31. The molecule has 0 saturated carbocycles. The van der Waals surface area contributed by atoms with Gasteiger partial charge >= 0.3 is 0 Å². The maximum atomic E-state index is 11.7. The molecular formula is C10H13NO2S. The van der Waals surface area contributed by atoms with Crippen LogP contribution in [-0.4, -0.2) is 8.42 Å². The molecule has 0 amide bonds. The second kappa shape index (κ2) is 3.07. The number of rotatable bonds is 1. The van der Waals surface area contributed by atoms with Crippen molar-refractivity contribution in [1.82, 2.24) is 4.72 Å². The molecule has 0 aliphatic carbocycles. The Bertz CT molecular complexity index is 465. The number of nitrogens with one attached hydrogen (secondary N) is 1. The van der Waals surface area contributed by atoms with Gasteiger partial charge in [-0.3, -0.25) is 0 Å². The number of aryl methyl sites for hydroxylation is 1. The summed E-state index contributed by atoms with van der Waals surface area (Å²) >= 11 is 0. The summed E-state index contributed by atoms with van der Waals surface area (Å²) in [4.78, 5) is 0.448. The zero-order valence-corrected chi connectivity index (χ0v) is 9.06. The van der Waals surface area contributed by atoms with E-state index in [-0.39, 0.29) is 6.04 Å². The summed E-state index contributed by atoms with van der Waals surface area (Å²) in [6, 6.07) is 5.53. The fourth-order valence-corrected chi connectivity index (χ4v) is 3.44. The predicted molar refractivity (Wildman–Crippen MR) is 54.5 cm³/mol. The average Bonchev–Trinajstić information content (AvgIpc) is 2.38. The molecule has 0 bridgehead atoms. The van der Waals surface area contributed by atoms with Gasteiger partial charge in [0.15, 0.2) is 0 Å². The molecule has 1 atom stereocenters. The quantitative estimate of drug-likeness (QED) is 0.769. The maximum Gasteiger partial charge on any atom is 0.241 e. The van der Waals surface area contributed by atoms with Crippen LogP contribution in [0.5, 0.6) is 0 Å². The highest BCUT2D eigenvalue weighted by Crippen LogP contribution is 2.32. The van der Waals surface area contributed by atoms with Crippen LogP contribution in [0.25, 0.3) is 0 Å². The zero-order chi connectivity index (χ0) is 10.3. The van der Waals surface area contributed by atoms with Crippen molar-refractivity contribution >= 4 is 10.0 Å². The monoisotopic (exact) mass is 211 g/mol. The van der Waals surface area contributed by atoms with Gasteiger partial charge in [0, 0.05) is 6.04 Å². The molecule has 0 spiro atoms. The van der Waals surface area contributed by atoms with E-state index in [1.54, 1.807) is 6.07 Å². The fourth-order valence-electron chi connectivity index (χ4n) is 1.78. The van der Waals surface area contributed by atoms with Gasteiger partial charge in [0.2, 0.25) is 10.0 Å². The first-order chi connectivity index (χ1) is 6.54. The van der Waals surface area contributed by atoms with E-state index in [0.29, 0.717) is 4.90 Å². The third kappa shape index (κ3) is 1.35. The smallest absolute Gasteiger partial charge is 0.207 e. The molecular weight excluding hydrogens is 198 g/mol. The van der Waals surface area contributed by atoms with Crippen LogP contribution in [0.1, 0.15) is 30.5 Å². The van der Waals surface area contributed by atoms with Crippen molar-refractivity contribution in [2.45, 2.75) is 31.2 Å². The van der Waals surface area contributed by atoms with Gasteiger partial charge < -0.3 is 0 Å². The van der Waals surface area contributed by atoms with Crippen LogP contribution in [0.4, 0.5) is 0 Å². The third-order valence-electron chi connectivity index (χ3n) is 2.54. The standard InChI is InChI=1S/C10H13NO2S/c1-3-9-8-5-4-7(2)6-10(8)14(12,13)11-9/h4-6,9,11H,3H2,1-2H3. The molecule has 1 aliphatic heterocycles. The van der Waals surface area contributed by atoms with Crippen LogP contribution in [0.3, 0.4) is 0 Å². The van der Waals surface area contributed by atoms with Crippen LogP contribution in [-0.2, 0) is 10.0 Å². The summed E-state index contributed by atoms with van der Waals surface area (Å²) in [5.41, 5.74) is 1.88. The Balaban J connectivity index is 2.66. The summed E-state index contributed by atoms with van der Waals surface area (Å²) in [5.74, 6) is 0. The third-order valence-corrected chi connectivity index (χ3v) is 4.07. The Morgan fingerprint density at radius 1 is 1.43 bits per heavy atom. The summed E-state index contributed by atoms with van der Waals surface area (Å²) in [7, 11) is -3.24. The predicted octanol–water partition coefficient (Wildman–Crippen LogP) is 1.74. The van der Waals surface area contributed by atoms with Crippen molar-refractivity contribution in [2.24, 2.45) is 0 Å². The second-order valence-electron chi connectivity index (χ2n) is 3.62. The van der Waals surface area contributed by atoms with E-state index in [0.717, 1.165) is 17.5 Å². The highest BCUT2D eigenvalue weighted by molar-refractivity contribution is 7.89. The van der Waals surface area contributed by atoms with Gasteiger partial charge in [0.25, 0.3) is 0 Å². The van der Waals surface area contributed by atoms with Crippen LogP contribution in [0, 0.1) is 6.92 Å². The van der Waals surface area contributed by atoms with E-state index in [9.17, 15) is 8.42 Å². The van der Waals surface area contributed by atoms with Gasteiger partial charge in [0.1, 0.15) is 0 Å². The van der Waals surface area contributed by atoms with Crippen molar-refractivity contribution in [1.29, 1.82) is 0 Å².